The number of hydrogen-bond acceptors (Lipinski definition) is 2. The number of halogens is 1. The van der Waals surface area contributed by atoms with Crippen molar-refractivity contribution in [3.05, 3.63) is 47.0 Å². The number of anilines is 1. The summed E-state index contributed by atoms with van der Waals surface area (Å²) >= 11 is 6.01. The van der Waals surface area contributed by atoms with Crippen LogP contribution < -0.4 is 10.5 Å². The van der Waals surface area contributed by atoms with E-state index in [2.05, 4.69) is 0 Å². The fraction of sp³-hybridized carbons (Fsp3) is 0.143. The molecule has 88 valence electrons. The molecule has 0 amide bonds. The molecule has 17 heavy (non-hydrogen) atoms. The van der Waals surface area contributed by atoms with Crippen molar-refractivity contribution in [3.8, 4) is 16.9 Å². The van der Waals surface area contributed by atoms with Crippen LogP contribution in [0.3, 0.4) is 0 Å². The van der Waals surface area contributed by atoms with Crippen molar-refractivity contribution < 1.29 is 4.74 Å². The molecule has 0 bridgehead atoms. The minimum Gasteiger partial charge on any atom is -0.496 e. The second-order valence-electron chi connectivity index (χ2n) is 3.94. The van der Waals surface area contributed by atoms with E-state index >= 15 is 0 Å². The molecule has 0 aliphatic rings. The Morgan fingerprint density at radius 3 is 2.47 bits per heavy atom. The number of nitrogens with two attached hydrogens (primary N) is 1. The lowest BCUT2D eigenvalue weighted by atomic mass is 10.0. The molecule has 0 aliphatic heterocycles. The Kier molecular flexibility index (Phi) is 3.25. The lowest BCUT2D eigenvalue weighted by molar-refractivity contribution is 0.416. The van der Waals surface area contributed by atoms with Crippen LogP contribution in [0, 0.1) is 6.92 Å². The van der Waals surface area contributed by atoms with Crippen molar-refractivity contribution >= 4 is 17.3 Å². The largest absolute Gasteiger partial charge is 0.496 e. The van der Waals surface area contributed by atoms with Gasteiger partial charge >= 0.3 is 0 Å². The van der Waals surface area contributed by atoms with E-state index < -0.39 is 0 Å². The van der Waals surface area contributed by atoms with E-state index in [-0.39, 0.29) is 0 Å². The Labute approximate surface area is 106 Å². The Balaban J connectivity index is 2.62. The normalized spacial score (nSPS) is 10.3. The fourth-order valence-corrected chi connectivity index (χ4v) is 1.99. The van der Waals surface area contributed by atoms with Crippen molar-refractivity contribution in [3.63, 3.8) is 0 Å². The number of aryl methyl sites for hydroxylation is 1. The second kappa shape index (κ2) is 4.68. The van der Waals surface area contributed by atoms with Crippen molar-refractivity contribution in [1.82, 2.24) is 0 Å². The summed E-state index contributed by atoms with van der Waals surface area (Å²) in [5, 5.41) is 0.667. The first-order chi connectivity index (χ1) is 8.11. The highest BCUT2D eigenvalue weighted by atomic mass is 35.5. The zero-order valence-corrected chi connectivity index (χ0v) is 10.6. The van der Waals surface area contributed by atoms with Crippen LogP contribution in [-0.2, 0) is 0 Å². The first-order valence-corrected chi connectivity index (χ1v) is 5.69. The molecule has 0 fully saturated rings. The number of benzene rings is 2. The average molecular weight is 248 g/mol. The third-order valence-corrected chi connectivity index (χ3v) is 2.89. The molecular weight excluding hydrogens is 234 g/mol. The van der Waals surface area contributed by atoms with Gasteiger partial charge < -0.3 is 10.5 Å². The van der Waals surface area contributed by atoms with Gasteiger partial charge in [-0.25, -0.2) is 0 Å². The zero-order chi connectivity index (χ0) is 12.4. The summed E-state index contributed by atoms with van der Waals surface area (Å²) in [5.74, 6) is 0.768. The van der Waals surface area contributed by atoms with Gasteiger partial charge in [-0.2, -0.15) is 0 Å². The van der Waals surface area contributed by atoms with Crippen LogP contribution in [0.15, 0.2) is 36.4 Å². The number of nitrogen functional groups attached to an aromatic ring is 1. The summed E-state index contributed by atoms with van der Waals surface area (Å²) in [4.78, 5) is 0. The summed E-state index contributed by atoms with van der Waals surface area (Å²) in [6, 6.07) is 11.5. The molecule has 0 aromatic heterocycles. The smallest absolute Gasteiger partial charge is 0.126 e. The first kappa shape index (κ1) is 11.8. The van der Waals surface area contributed by atoms with Crippen LogP contribution in [0.4, 0.5) is 5.69 Å². The Bertz CT molecular complexity index is 552. The van der Waals surface area contributed by atoms with E-state index in [1.54, 1.807) is 13.2 Å². The van der Waals surface area contributed by atoms with E-state index in [1.165, 1.54) is 0 Å². The van der Waals surface area contributed by atoms with Crippen LogP contribution >= 0.6 is 11.6 Å². The van der Waals surface area contributed by atoms with Gasteiger partial charge in [0.1, 0.15) is 5.75 Å². The van der Waals surface area contributed by atoms with Gasteiger partial charge in [-0.05, 0) is 36.8 Å². The SMILES string of the molecule is COc1ccc(Cl)cc1-c1ccc(C)cc1N. The highest BCUT2D eigenvalue weighted by Crippen LogP contribution is 2.35. The molecule has 0 unspecified atom stereocenters. The summed E-state index contributed by atoms with van der Waals surface area (Å²) in [7, 11) is 1.64. The molecule has 0 atom stereocenters. The van der Waals surface area contributed by atoms with Crippen LogP contribution in [0.2, 0.25) is 5.02 Å². The third kappa shape index (κ3) is 2.37. The van der Waals surface area contributed by atoms with E-state index in [9.17, 15) is 0 Å². The summed E-state index contributed by atoms with van der Waals surface area (Å²) in [6.07, 6.45) is 0. The van der Waals surface area contributed by atoms with Gasteiger partial charge in [0.25, 0.3) is 0 Å². The average Bonchev–Trinajstić information content (AvgIpc) is 2.29. The van der Waals surface area contributed by atoms with Gasteiger partial charge in [-0.3, -0.25) is 0 Å². The molecule has 0 saturated carbocycles. The Hall–Kier alpha value is -1.67. The van der Waals surface area contributed by atoms with Gasteiger partial charge in [-0.1, -0.05) is 23.7 Å². The van der Waals surface area contributed by atoms with E-state index in [4.69, 9.17) is 22.1 Å². The van der Waals surface area contributed by atoms with Crippen LogP contribution in [0.5, 0.6) is 5.75 Å². The number of methoxy groups -OCH3 is 1. The topological polar surface area (TPSA) is 35.2 Å². The van der Waals surface area contributed by atoms with Crippen LogP contribution in [0.25, 0.3) is 11.1 Å². The maximum absolute atomic E-state index is 6.03. The second-order valence-corrected chi connectivity index (χ2v) is 4.37. The Morgan fingerprint density at radius 2 is 1.82 bits per heavy atom. The molecule has 2 nitrogen and oxygen atoms in total. The monoisotopic (exact) mass is 247 g/mol. The van der Waals surface area contributed by atoms with Crippen molar-refractivity contribution in [2.75, 3.05) is 12.8 Å². The molecule has 2 aromatic rings. The highest BCUT2D eigenvalue weighted by molar-refractivity contribution is 6.31. The fourth-order valence-electron chi connectivity index (χ4n) is 1.82. The predicted molar refractivity (Wildman–Crippen MR) is 72.6 cm³/mol. The molecular formula is C14H14ClNO. The molecule has 0 aliphatic carbocycles. The van der Waals surface area contributed by atoms with Gasteiger partial charge in [0, 0.05) is 21.8 Å². The summed E-state index contributed by atoms with van der Waals surface area (Å²) in [6.45, 7) is 2.01. The van der Waals surface area contributed by atoms with Gasteiger partial charge in [0.15, 0.2) is 0 Å². The molecule has 3 heteroatoms. The van der Waals surface area contributed by atoms with Crippen LogP contribution in [0.1, 0.15) is 5.56 Å². The zero-order valence-electron chi connectivity index (χ0n) is 9.83. The molecule has 0 radical (unpaired) electrons. The maximum atomic E-state index is 6.03. The molecule has 2 aromatic carbocycles. The van der Waals surface area contributed by atoms with Gasteiger partial charge in [0.05, 0.1) is 7.11 Å². The molecule has 2 rings (SSSR count). The van der Waals surface area contributed by atoms with E-state index in [0.29, 0.717) is 5.02 Å². The molecule has 2 N–H and O–H groups in total. The lowest BCUT2D eigenvalue weighted by Gasteiger charge is -2.11. The highest BCUT2D eigenvalue weighted by Gasteiger charge is 2.09. The Morgan fingerprint density at radius 1 is 1.06 bits per heavy atom. The predicted octanol–water partition coefficient (Wildman–Crippen LogP) is 3.91. The molecule has 0 spiro atoms. The van der Waals surface area contributed by atoms with Gasteiger partial charge in [0.2, 0.25) is 0 Å². The van der Waals surface area contributed by atoms with Crippen molar-refractivity contribution in [2.24, 2.45) is 0 Å². The number of ether oxygens (including phenoxy) is 1. The first-order valence-electron chi connectivity index (χ1n) is 5.32. The van der Waals surface area contributed by atoms with Crippen molar-refractivity contribution in [2.45, 2.75) is 6.92 Å². The summed E-state index contributed by atoms with van der Waals surface area (Å²) in [5.41, 5.74) is 9.74. The van der Waals surface area contributed by atoms with Crippen molar-refractivity contribution in [1.29, 1.82) is 0 Å². The third-order valence-electron chi connectivity index (χ3n) is 2.66. The maximum Gasteiger partial charge on any atom is 0.126 e. The van der Waals surface area contributed by atoms with Crippen LogP contribution in [-0.4, -0.2) is 7.11 Å². The minimum absolute atomic E-state index is 0.667. The van der Waals surface area contributed by atoms with Gasteiger partial charge in [-0.15, -0.1) is 0 Å². The standard InChI is InChI=1S/C14H14ClNO/c1-9-3-5-11(13(16)7-9)12-8-10(15)4-6-14(12)17-2/h3-8H,16H2,1-2H3. The quantitative estimate of drug-likeness (QED) is 0.817. The molecule has 0 heterocycles. The lowest BCUT2D eigenvalue weighted by Crippen LogP contribution is -1.93. The van der Waals surface area contributed by atoms with E-state index in [1.807, 2.05) is 37.3 Å². The van der Waals surface area contributed by atoms with E-state index in [0.717, 1.165) is 28.1 Å². The molecule has 0 saturated heterocycles. The number of hydrogen-bond donors (Lipinski definition) is 1. The minimum atomic E-state index is 0.667. The number of rotatable bonds is 2. The summed E-state index contributed by atoms with van der Waals surface area (Å²) < 4.78 is 5.33.